The predicted octanol–water partition coefficient (Wildman–Crippen LogP) is 3.21. The molecule has 1 aliphatic heterocycles. The smallest absolute Gasteiger partial charge is 0.257 e. The Bertz CT molecular complexity index is 488. The standard InChI is InChI=1S/C15H19Cl2NO3/c1-20-14-10-11(17)2-3-13(14)15(19)18-7-4-12(5-8-18)21-9-6-16/h2-3,10,12H,4-9H2,1H3. The van der Waals surface area contributed by atoms with Crippen LogP contribution in [0.5, 0.6) is 5.75 Å². The van der Waals surface area contributed by atoms with Gasteiger partial charge in [0.05, 0.1) is 25.4 Å². The molecule has 0 bridgehead atoms. The molecular formula is C15H19Cl2NO3. The largest absolute Gasteiger partial charge is 0.496 e. The number of ether oxygens (including phenoxy) is 2. The maximum absolute atomic E-state index is 12.6. The van der Waals surface area contributed by atoms with Crippen LogP contribution < -0.4 is 4.74 Å². The lowest BCUT2D eigenvalue weighted by Crippen LogP contribution is -2.41. The van der Waals surface area contributed by atoms with Gasteiger partial charge in [0.2, 0.25) is 0 Å². The molecule has 0 radical (unpaired) electrons. The summed E-state index contributed by atoms with van der Waals surface area (Å²) < 4.78 is 10.9. The number of rotatable bonds is 5. The summed E-state index contributed by atoms with van der Waals surface area (Å²) in [5.41, 5.74) is 0.544. The van der Waals surface area contributed by atoms with Gasteiger partial charge in [-0.3, -0.25) is 4.79 Å². The highest BCUT2D eigenvalue weighted by atomic mass is 35.5. The Morgan fingerprint density at radius 1 is 1.38 bits per heavy atom. The number of hydrogen-bond acceptors (Lipinski definition) is 3. The Labute approximate surface area is 134 Å². The van der Waals surface area contributed by atoms with Gasteiger partial charge in [-0.05, 0) is 31.0 Å². The van der Waals surface area contributed by atoms with Crippen LogP contribution in [-0.4, -0.2) is 49.6 Å². The number of methoxy groups -OCH3 is 1. The molecule has 1 aliphatic rings. The molecule has 21 heavy (non-hydrogen) atoms. The monoisotopic (exact) mass is 331 g/mol. The van der Waals surface area contributed by atoms with Crippen molar-refractivity contribution in [3.8, 4) is 5.75 Å². The summed E-state index contributed by atoms with van der Waals surface area (Å²) in [5, 5.41) is 0.552. The van der Waals surface area contributed by atoms with Gasteiger partial charge in [-0.2, -0.15) is 0 Å². The molecule has 0 saturated carbocycles. The topological polar surface area (TPSA) is 38.8 Å². The minimum absolute atomic E-state index is 0.0284. The van der Waals surface area contributed by atoms with Crippen molar-refractivity contribution in [3.05, 3.63) is 28.8 Å². The van der Waals surface area contributed by atoms with Crippen molar-refractivity contribution < 1.29 is 14.3 Å². The Balaban J connectivity index is 1.99. The van der Waals surface area contributed by atoms with Gasteiger partial charge in [0, 0.05) is 24.0 Å². The third-order valence-corrected chi connectivity index (χ3v) is 3.94. The molecule has 0 spiro atoms. The molecule has 0 atom stereocenters. The average molecular weight is 332 g/mol. The van der Waals surface area contributed by atoms with Crippen molar-refractivity contribution in [1.82, 2.24) is 4.90 Å². The van der Waals surface area contributed by atoms with E-state index < -0.39 is 0 Å². The molecule has 4 nitrogen and oxygen atoms in total. The lowest BCUT2D eigenvalue weighted by atomic mass is 10.1. The summed E-state index contributed by atoms with van der Waals surface area (Å²) in [6.07, 6.45) is 1.86. The molecule has 2 rings (SSSR count). The van der Waals surface area contributed by atoms with Crippen LogP contribution in [0.3, 0.4) is 0 Å². The normalized spacial score (nSPS) is 16.0. The zero-order chi connectivity index (χ0) is 15.2. The zero-order valence-electron chi connectivity index (χ0n) is 12.0. The van der Waals surface area contributed by atoms with Crippen LogP contribution in [0.25, 0.3) is 0 Å². The lowest BCUT2D eigenvalue weighted by molar-refractivity contribution is 0.0153. The van der Waals surface area contributed by atoms with Crippen LogP contribution in [0.15, 0.2) is 18.2 Å². The number of piperidine rings is 1. The molecule has 1 aromatic carbocycles. The first-order chi connectivity index (χ1) is 10.2. The van der Waals surface area contributed by atoms with E-state index in [1.54, 1.807) is 18.2 Å². The number of carbonyl (C=O) groups is 1. The number of halogens is 2. The van der Waals surface area contributed by atoms with E-state index >= 15 is 0 Å². The van der Waals surface area contributed by atoms with Crippen molar-refractivity contribution in [3.63, 3.8) is 0 Å². The van der Waals surface area contributed by atoms with E-state index in [0.717, 1.165) is 12.8 Å². The van der Waals surface area contributed by atoms with Gasteiger partial charge in [-0.15, -0.1) is 11.6 Å². The molecule has 0 aromatic heterocycles. The third-order valence-electron chi connectivity index (χ3n) is 3.55. The number of amides is 1. The van der Waals surface area contributed by atoms with E-state index in [0.29, 0.717) is 41.9 Å². The van der Waals surface area contributed by atoms with Crippen LogP contribution >= 0.6 is 23.2 Å². The fraction of sp³-hybridized carbons (Fsp3) is 0.533. The lowest BCUT2D eigenvalue weighted by Gasteiger charge is -2.32. The molecule has 116 valence electrons. The minimum Gasteiger partial charge on any atom is -0.496 e. The zero-order valence-corrected chi connectivity index (χ0v) is 13.5. The first-order valence-corrected chi connectivity index (χ1v) is 7.87. The quantitative estimate of drug-likeness (QED) is 0.777. The fourth-order valence-electron chi connectivity index (χ4n) is 2.45. The predicted molar refractivity (Wildman–Crippen MR) is 83.6 cm³/mol. The highest BCUT2D eigenvalue weighted by Crippen LogP contribution is 2.26. The number of carbonyl (C=O) groups excluding carboxylic acids is 1. The maximum atomic E-state index is 12.6. The van der Waals surface area contributed by atoms with Crippen molar-refractivity contribution >= 4 is 29.1 Å². The van der Waals surface area contributed by atoms with Gasteiger partial charge < -0.3 is 14.4 Å². The Morgan fingerprint density at radius 3 is 2.71 bits per heavy atom. The number of alkyl halides is 1. The summed E-state index contributed by atoms with van der Waals surface area (Å²) in [5.74, 6) is 0.980. The highest BCUT2D eigenvalue weighted by molar-refractivity contribution is 6.30. The van der Waals surface area contributed by atoms with Gasteiger partial charge in [0.25, 0.3) is 5.91 Å². The first-order valence-electron chi connectivity index (χ1n) is 6.96. The summed E-state index contributed by atoms with van der Waals surface area (Å²) in [6.45, 7) is 1.92. The van der Waals surface area contributed by atoms with Crippen molar-refractivity contribution in [2.75, 3.05) is 32.7 Å². The third kappa shape index (κ3) is 4.25. The van der Waals surface area contributed by atoms with Crippen LogP contribution in [0.4, 0.5) is 0 Å². The molecule has 6 heteroatoms. The minimum atomic E-state index is -0.0284. The Morgan fingerprint density at radius 2 is 2.10 bits per heavy atom. The van der Waals surface area contributed by atoms with E-state index in [2.05, 4.69) is 0 Å². The summed E-state index contributed by atoms with van der Waals surface area (Å²) in [7, 11) is 1.54. The van der Waals surface area contributed by atoms with E-state index in [4.69, 9.17) is 32.7 Å². The second kappa shape index (κ2) is 7.87. The van der Waals surface area contributed by atoms with Crippen LogP contribution in [0.1, 0.15) is 23.2 Å². The van der Waals surface area contributed by atoms with Crippen molar-refractivity contribution in [2.45, 2.75) is 18.9 Å². The fourth-order valence-corrected chi connectivity index (χ4v) is 2.70. The SMILES string of the molecule is COc1cc(Cl)ccc1C(=O)N1CCC(OCCCl)CC1. The van der Waals surface area contributed by atoms with Gasteiger partial charge in [0.1, 0.15) is 5.75 Å². The van der Waals surface area contributed by atoms with Crippen molar-refractivity contribution in [1.29, 1.82) is 0 Å². The summed E-state index contributed by atoms with van der Waals surface area (Å²) >= 11 is 11.5. The molecule has 0 aliphatic carbocycles. The van der Waals surface area contributed by atoms with E-state index in [1.165, 1.54) is 7.11 Å². The van der Waals surface area contributed by atoms with Crippen LogP contribution in [0.2, 0.25) is 5.02 Å². The summed E-state index contributed by atoms with van der Waals surface area (Å²) in [4.78, 5) is 14.4. The second-order valence-corrected chi connectivity index (χ2v) is 5.71. The van der Waals surface area contributed by atoms with E-state index in [-0.39, 0.29) is 12.0 Å². The second-order valence-electron chi connectivity index (χ2n) is 4.90. The van der Waals surface area contributed by atoms with Crippen molar-refractivity contribution in [2.24, 2.45) is 0 Å². The van der Waals surface area contributed by atoms with Crippen LogP contribution in [-0.2, 0) is 4.74 Å². The Kier molecular flexibility index (Phi) is 6.15. The highest BCUT2D eigenvalue weighted by Gasteiger charge is 2.25. The molecule has 1 amide bonds. The summed E-state index contributed by atoms with van der Waals surface area (Å²) in [6, 6.07) is 5.07. The van der Waals surface area contributed by atoms with Gasteiger partial charge in [-0.1, -0.05) is 11.6 Å². The van der Waals surface area contributed by atoms with Gasteiger partial charge >= 0.3 is 0 Å². The van der Waals surface area contributed by atoms with Gasteiger partial charge in [-0.25, -0.2) is 0 Å². The van der Waals surface area contributed by atoms with Gasteiger partial charge in [0.15, 0.2) is 0 Å². The number of benzene rings is 1. The van der Waals surface area contributed by atoms with Crippen LogP contribution in [0, 0.1) is 0 Å². The molecule has 1 heterocycles. The first kappa shape index (κ1) is 16.4. The average Bonchev–Trinajstić information content (AvgIpc) is 2.52. The molecule has 1 saturated heterocycles. The molecule has 0 N–H and O–H groups in total. The van der Waals surface area contributed by atoms with E-state index in [1.807, 2.05) is 4.90 Å². The molecular weight excluding hydrogens is 313 g/mol. The maximum Gasteiger partial charge on any atom is 0.257 e. The van der Waals surface area contributed by atoms with E-state index in [9.17, 15) is 4.79 Å². The number of nitrogens with zero attached hydrogens (tertiary/aromatic N) is 1. The number of hydrogen-bond donors (Lipinski definition) is 0. The molecule has 1 fully saturated rings. The molecule has 0 unspecified atom stereocenters. The molecule has 1 aromatic rings. The number of likely N-dealkylation sites (tertiary alicyclic amines) is 1. The Hall–Kier alpha value is -0.970.